The molecular weight excluding hydrogens is 439 g/mol. The molecule has 0 aliphatic carbocycles. The number of fused-ring (bicyclic) bond motifs is 1. The number of hydrogen-bond donors (Lipinski definition) is 3. The van der Waals surface area contributed by atoms with E-state index in [1.807, 2.05) is 20.8 Å². The molecule has 32 heavy (non-hydrogen) atoms. The van der Waals surface area contributed by atoms with E-state index in [0.717, 1.165) is 6.42 Å². The third kappa shape index (κ3) is 4.59. The lowest BCUT2D eigenvalue weighted by Crippen LogP contribution is -2.38. The van der Waals surface area contributed by atoms with Crippen LogP contribution in [0.2, 0.25) is 0 Å². The molecule has 1 saturated heterocycles. The zero-order chi connectivity index (χ0) is 23.6. The van der Waals surface area contributed by atoms with Gasteiger partial charge in [0.15, 0.2) is 31.2 Å². The molecule has 0 aromatic carbocycles. The Morgan fingerprint density at radius 2 is 2.16 bits per heavy atom. The lowest BCUT2D eigenvalue weighted by atomic mass is 9.93. The van der Waals surface area contributed by atoms with Gasteiger partial charge in [0.05, 0.1) is 11.7 Å². The first-order valence-electron chi connectivity index (χ1n) is 10.4. The molecule has 7 atom stereocenters. The van der Waals surface area contributed by atoms with Gasteiger partial charge < -0.3 is 25.2 Å². The van der Waals surface area contributed by atoms with Crippen LogP contribution in [0, 0.1) is 0 Å². The highest BCUT2D eigenvalue weighted by Crippen LogP contribution is 2.43. The van der Waals surface area contributed by atoms with Crippen molar-refractivity contribution in [3.05, 3.63) is 16.8 Å². The molecule has 1 aliphatic rings. The molecule has 3 heterocycles. The van der Waals surface area contributed by atoms with Crippen LogP contribution in [0.25, 0.3) is 21.6 Å². The zero-order valence-corrected chi connectivity index (χ0v) is 19.4. The van der Waals surface area contributed by atoms with Gasteiger partial charge in [-0.2, -0.15) is 0 Å². The molecule has 2 aromatic rings. The Kier molecular flexibility index (Phi) is 7.39. The first-order valence-corrected chi connectivity index (χ1v) is 11.8. The fraction of sp³-hybridized carbons (Fsp3) is 0.722. The third-order valence-corrected chi connectivity index (χ3v) is 7.86. The molecule has 1 fully saturated rings. The molecule has 3 rings (SSSR count). The molecular formula is C18H29N8O5P. The van der Waals surface area contributed by atoms with E-state index in [-0.39, 0.29) is 35.0 Å². The Hall–Kier alpha value is -2.27. The van der Waals surface area contributed by atoms with Crippen LogP contribution >= 0.6 is 8.03 Å². The number of imidazole rings is 1. The molecule has 1 aliphatic heterocycles. The maximum Gasteiger partial charge on any atom is 0.201 e. The summed E-state index contributed by atoms with van der Waals surface area (Å²) in [5, 5.41) is 25.0. The van der Waals surface area contributed by atoms with Gasteiger partial charge in [-0.25, -0.2) is 15.0 Å². The summed E-state index contributed by atoms with van der Waals surface area (Å²) in [4.78, 5) is 14.9. The number of aromatic nitrogens is 4. The van der Waals surface area contributed by atoms with Crippen LogP contribution in [-0.2, 0) is 13.8 Å². The largest absolute Gasteiger partial charge is 0.388 e. The normalized spacial score (nSPS) is 27.1. The van der Waals surface area contributed by atoms with Gasteiger partial charge in [-0.05, 0) is 30.4 Å². The van der Waals surface area contributed by atoms with E-state index in [9.17, 15) is 14.8 Å². The molecule has 2 aromatic heterocycles. The highest BCUT2D eigenvalue weighted by atomic mass is 31.1. The van der Waals surface area contributed by atoms with Crippen molar-refractivity contribution in [1.82, 2.24) is 19.5 Å². The molecule has 0 spiro atoms. The number of anilines is 1. The van der Waals surface area contributed by atoms with Crippen molar-refractivity contribution in [3.8, 4) is 0 Å². The summed E-state index contributed by atoms with van der Waals surface area (Å²) in [6, 6.07) is 0. The lowest BCUT2D eigenvalue weighted by molar-refractivity contribution is -0.0615. The molecule has 0 saturated carbocycles. The van der Waals surface area contributed by atoms with Crippen LogP contribution in [0.5, 0.6) is 0 Å². The fourth-order valence-electron chi connectivity index (χ4n) is 3.56. The average molecular weight is 468 g/mol. The van der Waals surface area contributed by atoms with Gasteiger partial charge in [0.25, 0.3) is 0 Å². The van der Waals surface area contributed by atoms with Crippen LogP contribution in [0.1, 0.15) is 53.2 Å². The lowest BCUT2D eigenvalue weighted by Gasteiger charge is -2.32. The number of ether oxygens (including phenoxy) is 1. The summed E-state index contributed by atoms with van der Waals surface area (Å²) in [6.45, 7) is 7.51. The summed E-state index contributed by atoms with van der Waals surface area (Å²) in [6.07, 6.45) is -2.02. The number of hydrogen-bond acceptors (Lipinski definition) is 10. The standard InChI is InChI=1S/C18H29N8O5P/c1-5-9(3)32(29)31-18(4,6-2)7-10-12(27)13(28)16(30-10)26-15-11(14(19)21-8-22-15)23-17(26)24-25-20/h8-10,12-13,16,27-28,32H,5-7H2,1-4H3,(H2,19,21,22)/t9?,10-,12-,13-,16?,18?/m1/s1. The van der Waals surface area contributed by atoms with Crippen LogP contribution in [0.3, 0.4) is 0 Å². The summed E-state index contributed by atoms with van der Waals surface area (Å²) < 4.78 is 25.7. The number of aliphatic hydroxyl groups is 2. The van der Waals surface area contributed by atoms with Gasteiger partial charge in [-0.3, -0.25) is 9.13 Å². The summed E-state index contributed by atoms with van der Waals surface area (Å²) >= 11 is 0. The molecule has 0 radical (unpaired) electrons. The highest BCUT2D eigenvalue weighted by Gasteiger charge is 2.47. The molecule has 4 N–H and O–H groups in total. The second-order valence-electron chi connectivity index (χ2n) is 8.19. The summed E-state index contributed by atoms with van der Waals surface area (Å²) in [7, 11) is -2.31. The van der Waals surface area contributed by atoms with E-state index in [0.29, 0.717) is 6.42 Å². The van der Waals surface area contributed by atoms with Crippen LogP contribution in [0.4, 0.5) is 11.8 Å². The van der Waals surface area contributed by atoms with E-state index >= 15 is 0 Å². The van der Waals surface area contributed by atoms with Gasteiger partial charge in [-0.15, -0.1) is 0 Å². The van der Waals surface area contributed by atoms with E-state index < -0.39 is 38.2 Å². The molecule has 13 nitrogen and oxygen atoms in total. The average Bonchev–Trinajstić information content (AvgIpc) is 3.26. The number of nitrogen functional groups attached to an aromatic ring is 1. The van der Waals surface area contributed by atoms with Crippen LogP contribution in [0.15, 0.2) is 11.4 Å². The number of rotatable bonds is 9. The summed E-state index contributed by atoms with van der Waals surface area (Å²) in [5.41, 5.74) is 14.2. The van der Waals surface area contributed by atoms with E-state index in [1.165, 1.54) is 10.9 Å². The number of nitrogens with two attached hydrogens (primary N) is 1. The van der Waals surface area contributed by atoms with Gasteiger partial charge >= 0.3 is 0 Å². The van der Waals surface area contributed by atoms with Crippen LogP contribution in [-0.4, -0.2) is 59.3 Å². The predicted octanol–water partition coefficient (Wildman–Crippen LogP) is 2.82. The molecule has 176 valence electrons. The highest BCUT2D eigenvalue weighted by molar-refractivity contribution is 7.40. The quantitative estimate of drug-likeness (QED) is 0.214. The van der Waals surface area contributed by atoms with Crippen molar-refractivity contribution in [2.75, 3.05) is 5.73 Å². The Labute approximate surface area is 185 Å². The molecule has 0 bridgehead atoms. The van der Waals surface area contributed by atoms with Gasteiger partial charge in [-0.1, -0.05) is 20.8 Å². The predicted molar refractivity (Wildman–Crippen MR) is 118 cm³/mol. The Bertz CT molecular complexity index is 1040. The van der Waals surface area contributed by atoms with E-state index in [1.54, 1.807) is 6.92 Å². The van der Waals surface area contributed by atoms with Crippen molar-refractivity contribution < 1.29 is 24.0 Å². The topological polar surface area (TPSA) is 194 Å². The first-order chi connectivity index (χ1) is 15.2. The zero-order valence-electron chi connectivity index (χ0n) is 18.4. The molecule has 4 unspecified atom stereocenters. The van der Waals surface area contributed by atoms with Gasteiger partial charge in [0, 0.05) is 17.0 Å². The first kappa shape index (κ1) is 24.4. The molecule has 0 amide bonds. The van der Waals surface area contributed by atoms with E-state index in [2.05, 4.69) is 25.0 Å². The van der Waals surface area contributed by atoms with Gasteiger partial charge in [0.1, 0.15) is 18.5 Å². The van der Waals surface area contributed by atoms with Crippen molar-refractivity contribution in [1.29, 1.82) is 0 Å². The van der Waals surface area contributed by atoms with Crippen molar-refractivity contribution in [2.24, 2.45) is 5.11 Å². The maximum absolute atomic E-state index is 12.5. The maximum atomic E-state index is 12.5. The van der Waals surface area contributed by atoms with Crippen molar-refractivity contribution >= 4 is 31.0 Å². The molecule has 14 heteroatoms. The summed E-state index contributed by atoms with van der Waals surface area (Å²) in [5.74, 6) is -0.0715. The van der Waals surface area contributed by atoms with E-state index in [4.69, 9.17) is 20.5 Å². The minimum atomic E-state index is -2.31. The minimum absolute atomic E-state index is 0.0647. The van der Waals surface area contributed by atoms with Crippen molar-refractivity contribution in [3.63, 3.8) is 0 Å². The number of aliphatic hydroxyl groups excluding tert-OH is 2. The minimum Gasteiger partial charge on any atom is -0.388 e. The Morgan fingerprint density at radius 1 is 1.44 bits per heavy atom. The van der Waals surface area contributed by atoms with Gasteiger partial charge in [0.2, 0.25) is 5.95 Å². The Morgan fingerprint density at radius 3 is 2.78 bits per heavy atom. The fourth-order valence-corrected chi connectivity index (χ4v) is 4.81. The second-order valence-corrected chi connectivity index (χ2v) is 10.0. The van der Waals surface area contributed by atoms with Crippen LogP contribution < -0.4 is 5.73 Å². The third-order valence-electron chi connectivity index (χ3n) is 5.96. The SMILES string of the molecule is CCC(C)[PH](=O)OC(C)(CC)C[C@H]1OC(n2c(N=[N+]=[N-])nc3c(N)ncnc32)[C@H](O)[C@@H]1O. The number of azide groups is 1. The smallest absolute Gasteiger partial charge is 0.201 e. The second kappa shape index (κ2) is 9.70. The Balaban J connectivity index is 1.92. The number of nitrogens with zero attached hydrogens (tertiary/aromatic N) is 7. The van der Waals surface area contributed by atoms with Crippen molar-refractivity contribution in [2.45, 2.75) is 82.8 Å². The monoisotopic (exact) mass is 468 g/mol.